The molecule has 1 saturated carbocycles. The summed E-state index contributed by atoms with van der Waals surface area (Å²) in [6.07, 6.45) is -0.922. The van der Waals surface area contributed by atoms with Crippen molar-refractivity contribution in [3.8, 4) is 0 Å². The van der Waals surface area contributed by atoms with Crippen molar-refractivity contribution in [3.05, 3.63) is 0 Å². The Labute approximate surface area is 117 Å². The summed E-state index contributed by atoms with van der Waals surface area (Å²) < 4.78 is 39.0. The van der Waals surface area contributed by atoms with E-state index in [0.29, 0.717) is 32.4 Å². The molecule has 2 fully saturated rings. The molecule has 19 heavy (non-hydrogen) atoms. The van der Waals surface area contributed by atoms with E-state index in [1.54, 1.807) is 0 Å². The highest BCUT2D eigenvalue weighted by Crippen LogP contribution is 2.35. The Kier molecular flexibility index (Phi) is 5.92. The highest BCUT2D eigenvalue weighted by atomic mass is 35.5. The molecular weight excluding hydrogens is 281 g/mol. The molecule has 1 amide bonds. The molecule has 1 aliphatic heterocycles. The maximum Gasteiger partial charge on any atom is 0.408 e. The van der Waals surface area contributed by atoms with Crippen LogP contribution >= 0.6 is 12.4 Å². The van der Waals surface area contributed by atoms with Crippen LogP contribution in [0, 0.1) is 11.8 Å². The predicted molar refractivity (Wildman–Crippen MR) is 68.2 cm³/mol. The van der Waals surface area contributed by atoms with Gasteiger partial charge in [-0.25, -0.2) is 0 Å². The van der Waals surface area contributed by atoms with Gasteiger partial charge in [0.1, 0.15) is 6.04 Å². The molecule has 2 unspecified atom stereocenters. The number of rotatable bonds is 3. The van der Waals surface area contributed by atoms with Crippen LogP contribution in [0.15, 0.2) is 0 Å². The number of hydrogen-bond acceptors (Lipinski definition) is 2. The van der Waals surface area contributed by atoms with Gasteiger partial charge in [-0.15, -0.1) is 12.4 Å². The summed E-state index contributed by atoms with van der Waals surface area (Å²) in [5, 5.41) is 5.23. The molecular formula is C12H20ClF3N2O. The second-order valence-corrected chi connectivity index (χ2v) is 5.26. The molecule has 0 spiro atoms. The molecule has 1 saturated heterocycles. The van der Waals surface area contributed by atoms with Gasteiger partial charge >= 0.3 is 6.18 Å². The highest BCUT2D eigenvalue weighted by Gasteiger charge is 2.46. The van der Waals surface area contributed by atoms with Crippen LogP contribution in [0.3, 0.4) is 0 Å². The zero-order valence-corrected chi connectivity index (χ0v) is 11.4. The Morgan fingerprint density at radius 1 is 1.21 bits per heavy atom. The van der Waals surface area contributed by atoms with Gasteiger partial charge in [-0.1, -0.05) is 12.8 Å². The fourth-order valence-corrected chi connectivity index (χ4v) is 2.91. The van der Waals surface area contributed by atoms with Gasteiger partial charge in [0, 0.05) is 6.54 Å². The normalized spacial score (nSPS) is 25.9. The van der Waals surface area contributed by atoms with Crippen LogP contribution in [-0.4, -0.2) is 31.2 Å². The van der Waals surface area contributed by atoms with Crippen LogP contribution in [0.2, 0.25) is 0 Å². The van der Waals surface area contributed by atoms with Gasteiger partial charge in [-0.3, -0.25) is 4.79 Å². The Balaban J connectivity index is 0.00000180. The Morgan fingerprint density at radius 2 is 1.84 bits per heavy atom. The van der Waals surface area contributed by atoms with Gasteiger partial charge < -0.3 is 10.6 Å². The number of alkyl halides is 3. The maximum absolute atomic E-state index is 13.0. The number of carbonyl (C=O) groups excluding carboxylic acids is 1. The minimum absolute atomic E-state index is 0. The third-order valence-corrected chi connectivity index (χ3v) is 3.95. The SMILES string of the molecule is Cl.O=C(NC(C1CCCC1)C(F)(F)F)C1CCNC1. The van der Waals surface area contributed by atoms with Gasteiger partial charge in [0.15, 0.2) is 0 Å². The Bertz CT molecular complexity index is 300. The first-order valence-corrected chi connectivity index (χ1v) is 6.56. The molecule has 0 bridgehead atoms. The van der Waals surface area contributed by atoms with Gasteiger partial charge in [0.2, 0.25) is 5.91 Å². The predicted octanol–water partition coefficient (Wildman–Crippen LogP) is 2.25. The van der Waals surface area contributed by atoms with Gasteiger partial charge in [-0.05, 0) is 31.7 Å². The van der Waals surface area contributed by atoms with Crippen LogP contribution in [0.4, 0.5) is 13.2 Å². The molecule has 0 aromatic heterocycles. The second kappa shape index (κ2) is 6.79. The fraction of sp³-hybridized carbons (Fsp3) is 0.917. The van der Waals surface area contributed by atoms with Crippen molar-refractivity contribution >= 4 is 18.3 Å². The van der Waals surface area contributed by atoms with Crippen molar-refractivity contribution in [3.63, 3.8) is 0 Å². The molecule has 0 aromatic rings. The number of halogens is 4. The van der Waals surface area contributed by atoms with Gasteiger partial charge in [0.25, 0.3) is 0 Å². The van der Waals surface area contributed by atoms with Crippen LogP contribution < -0.4 is 10.6 Å². The van der Waals surface area contributed by atoms with E-state index < -0.39 is 24.0 Å². The van der Waals surface area contributed by atoms with Crippen molar-refractivity contribution in [1.82, 2.24) is 10.6 Å². The van der Waals surface area contributed by atoms with Crippen LogP contribution in [0.1, 0.15) is 32.1 Å². The van der Waals surface area contributed by atoms with E-state index >= 15 is 0 Å². The molecule has 2 aliphatic rings. The molecule has 7 heteroatoms. The first kappa shape index (κ1) is 16.6. The molecule has 0 aromatic carbocycles. The van der Waals surface area contributed by atoms with E-state index in [2.05, 4.69) is 10.6 Å². The lowest BCUT2D eigenvalue weighted by atomic mass is 9.96. The molecule has 3 nitrogen and oxygen atoms in total. The smallest absolute Gasteiger partial charge is 0.344 e. The highest BCUT2D eigenvalue weighted by molar-refractivity contribution is 5.85. The summed E-state index contributed by atoms with van der Waals surface area (Å²) >= 11 is 0. The van der Waals surface area contributed by atoms with E-state index in [0.717, 1.165) is 12.8 Å². The van der Waals surface area contributed by atoms with Crippen molar-refractivity contribution in [2.24, 2.45) is 11.8 Å². The first-order valence-electron chi connectivity index (χ1n) is 6.56. The molecule has 1 aliphatic carbocycles. The molecule has 2 N–H and O–H groups in total. The fourth-order valence-electron chi connectivity index (χ4n) is 2.91. The lowest BCUT2D eigenvalue weighted by Crippen LogP contribution is -2.51. The average molecular weight is 301 g/mol. The average Bonchev–Trinajstić information content (AvgIpc) is 2.96. The second-order valence-electron chi connectivity index (χ2n) is 5.26. The Morgan fingerprint density at radius 3 is 2.32 bits per heavy atom. The lowest BCUT2D eigenvalue weighted by Gasteiger charge is -2.28. The number of hydrogen-bond donors (Lipinski definition) is 2. The summed E-state index contributed by atoms with van der Waals surface area (Å²) in [6, 6.07) is -1.66. The zero-order valence-electron chi connectivity index (χ0n) is 10.6. The molecule has 1 heterocycles. The number of amides is 1. The minimum Gasteiger partial charge on any atom is -0.344 e. The monoisotopic (exact) mass is 300 g/mol. The van der Waals surface area contributed by atoms with Crippen molar-refractivity contribution in [2.75, 3.05) is 13.1 Å². The summed E-state index contributed by atoms with van der Waals surface area (Å²) in [7, 11) is 0. The topological polar surface area (TPSA) is 41.1 Å². The maximum atomic E-state index is 13.0. The van der Waals surface area contributed by atoms with Crippen LogP contribution in [0.5, 0.6) is 0 Å². The van der Waals surface area contributed by atoms with Gasteiger partial charge in [-0.2, -0.15) is 13.2 Å². The van der Waals surface area contributed by atoms with Crippen molar-refractivity contribution < 1.29 is 18.0 Å². The molecule has 2 atom stereocenters. The minimum atomic E-state index is -4.34. The van der Waals surface area contributed by atoms with E-state index in [1.807, 2.05) is 0 Å². The van der Waals surface area contributed by atoms with Crippen molar-refractivity contribution in [2.45, 2.75) is 44.3 Å². The van der Waals surface area contributed by atoms with E-state index in [1.165, 1.54) is 0 Å². The Hall–Kier alpha value is -0.490. The van der Waals surface area contributed by atoms with E-state index in [4.69, 9.17) is 0 Å². The summed E-state index contributed by atoms with van der Waals surface area (Å²) in [5.74, 6) is -1.20. The summed E-state index contributed by atoms with van der Waals surface area (Å²) in [4.78, 5) is 11.8. The molecule has 112 valence electrons. The van der Waals surface area contributed by atoms with Crippen LogP contribution in [-0.2, 0) is 4.79 Å². The third kappa shape index (κ3) is 4.24. The number of carbonyl (C=O) groups is 1. The van der Waals surface area contributed by atoms with E-state index in [9.17, 15) is 18.0 Å². The molecule has 2 rings (SSSR count). The largest absolute Gasteiger partial charge is 0.408 e. The van der Waals surface area contributed by atoms with Crippen LogP contribution in [0.25, 0.3) is 0 Å². The summed E-state index contributed by atoms with van der Waals surface area (Å²) in [5.41, 5.74) is 0. The zero-order chi connectivity index (χ0) is 13.2. The first-order chi connectivity index (χ1) is 8.48. The van der Waals surface area contributed by atoms with Gasteiger partial charge in [0.05, 0.1) is 5.92 Å². The number of nitrogens with one attached hydrogen (secondary N) is 2. The third-order valence-electron chi connectivity index (χ3n) is 3.95. The van der Waals surface area contributed by atoms with Crippen molar-refractivity contribution in [1.29, 1.82) is 0 Å². The summed E-state index contributed by atoms with van der Waals surface area (Å²) in [6.45, 7) is 1.19. The van der Waals surface area contributed by atoms with E-state index in [-0.39, 0.29) is 18.3 Å². The molecule has 0 radical (unpaired) electrons. The standard InChI is InChI=1S/C12H19F3N2O.ClH/c13-12(14,15)10(8-3-1-2-4-8)17-11(18)9-5-6-16-7-9;/h8-10,16H,1-7H2,(H,17,18);1H. The quantitative estimate of drug-likeness (QED) is 0.839. The lowest BCUT2D eigenvalue weighted by molar-refractivity contribution is -0.172.